The first-order valence-electron chi connectivity index (χ1n) is 5.14. The minimum atomic E-state index is -0.645. The lowest BCUT2D eigenvalue weighted by Crippen LogP contribution is -2.13. The number of carbonyl (C=O) groups excluding carboxylic acids is 1. The summed E-state index contributed by atoms with van der Waals surface area (Å²) >= 11 is 0. The van der Waals surface area contributed by atoms with Gasteiger partial charge < -0.3 is 4.74 Å². The normalized spacial score (nSPS) is 12.1. The number of aromatic amines is 1. The highest BCUT2D eigenvalue weighted by atomic mass is 16.5. The average Bonchev–Trinajstić information content (AvgIpc) is 2.72. The van der Waals surface area contributed by atoms with Crippen LogP contribution in [0.4, 0.5) is 0 Å². The molecule has 0 bridgehead atoms. The third kappa shape index (κ3) is 2.94. The van der Waals surface area contributed by atoms with E-state index in [9.17, 15) is 4.79 Å². The zero-order valence-electron chi connectivity index (χ0n) is 10.4. The highest BCUT2D eigenvalue weighted by Gasteiger charge is 2.20. The van der Waals surface area contributed by atoms with E-state index in [4.69, 9.17) is 5.26 Å². The maximum absolute atomic E-state index is 11.3. The lowest BCUT2D eigenvalue weighted by atomic mass is 9.89. The second kappa shape index (κ2) is 4.83. The molecule has 0 saturated heterocycles. The maximum Gasteiger partial charge on any atom is 0.348 e. The van der Waals surface area contributed by atoms with Crippen molar-refractivity contribution >= 4 is 12.0 Å². The minimum absolute atomic E-state index is 0.0422. The van der Waals surface area contributed by atoms with Crippen LogP contribution in [0.25, 0.3) is 6.08 Å². The van der Waals surface area contributed by atoms with Gasteiger partial charge in [-0.1, -0.05) is 20.8 Å². The van der Waals surface area contributed by atoms with E-state index >= 15 is 0 Å². The number of nitrogens with one attached hydrogen (secondary N) is 1. The molecule has 1 rings (SSSR count). The smallest absolute Gasteiger partial charge is 0.348 e. The second-order valence-electron chi connectivity index (χ2n) is 4.61. The van der Waals surface area contributed by atoms with Crippen molar-refractivity contribution in [3.63, 3.8) is 0 Å². The molecule has 0 fully saturated rings. The largest absolute Gasteiger partial charge is 0.465 e. The molecule has 0 spiro atoms. The topological polar surface area (TPSA) is 78.8 Å². The predicted octanol–water partition coefficient (Wildman–Crippen LogP) is 1.79. The van der Waals surface area contributed by atoms with Gasteiger partial charge in [0.2, 0.25) is 0 Å². The zero-order chi connectivity index (χ0) is 13.1. The Hall–Kier alpha value is -2.09. The van der Waals surface area contributed by atoms with Gasteiger partial charge in [0.05, 0.1) is 13.3 Å². The van der Waals surface area contributed by atoms with Gasteiger partial charge in [-0.2, -0.15) is 10.4 Å². The molecule has 1 heterocycles. The first-order valence-corrected chi connectivity index (χ1v) is 5.14. The number of hydrogen-bond donors (Lipinski definition) is 1. The standard InChI is InChI=1S/C12H15N3O2/c1-12(2,3)10-9(7-14-15-10)5-8(6-13)11(16)17-4/h5,7H,1-4H3,(H,14,15)/b8-5-. The molecule has 0 aliphatic carbocycles. The van der Waals surface area contributed by atoms with E-state index in [1.165, 1.54) is 13.2 Å². The zero-order valence-corrected chi connectivity index (χ0v) is 10.4. The van der Waals surface area contributed by atoms with Crippen LogP contribution in [-0.2, 0) is 14.9 Å². The number of H-pyrrole nitrogens is 1. The lowest BCUT2D eigenvalue weighted by molar-refractivity contribution is -0.135. The Morgan fingerprint density at radius 3 is 2.71 bits per heavy atom. The molecular formula is C12H15N3O2. The Labute approximate surface area is 100 Å². The second-order valence-corrected chi connectivity index (χ2v) is 4.61. The Morgan fingerprint density at radius 1 is 1.59 bits per heavy atom. The predicted molar refractivity (Wildman–Crippen MR) is 62.9 cm³/mol. The summed E-state index contributed by atoms with van der Waals surface area (Å²) in [5, 5.41) is 15.7. The van der Waals surface area contributed by atoms with Gasteiger partial charge in [-0.25, -0.2) is 4.79 Å². The van der Waals surface area contributed by atoms with E-state index in [0.717, 1.165) is 11.3 Å². The van der Waals surface area contributed by atoms with Crippen molar-refractivity contribution < 1.29 is 9.53 Å². The number of rotatable bonds is 2. The minimum Gasteiger partial charge on any atom is -0.465 e. The first-order chi connectivity index (χ1) is 7.90. The number of methoxy groups -OCH3 is 1. The molecule has 90 valence electrons. The van der Waals surface area contributed by atoms with Crippen LogP contribution in [0.3, 0.4) is 0 Å². The monoisotopic (exact) mass is 233 g/mol. The van der Waals surface area contributed by atoms with Crippen molar-refractivity contribution in [1.29, 1.82) is 5.26 Å². The quantitative estimate of drug-likeness (QED) is 0.480. The Balaban J connectivity index is 3.19. The highest BCUT2D eigenvalue weighted by molar-refractivity contribution is 5.97. The van der Waals surface area contributed by atoms with E-state index < -0.39 is 5.97 Å². The third-order valence-electron chi connectivity index (χ3n) is 2.24. The number of nitriles is 1. The lowest BCUT2D eigenvalue weighted by Gasteiger charge is -2.17. The SMILES string of the molecule is COC(=O)/C(C#N)=C\c1cn[nH]c1C(C)(C)C. The molecule has 5 heteroatoms. The fraction of sp³-hybridized carbons (Fsp3) is 0.417. The maximum atomic E-state index is 11.3. The van der Waals surface area contributed by atoms with Crippen molar-refractivity contribution in [3.05, 3.63) is 23.0 Å². The Bertz CT molecular complexity index is 487. The molecule has 0 amide bonds. The van der Waals surface area contributed by atoms with E-state index in [2.05, 4.69) is 14.9 Å². The van der Waals surface area contributed by atoms with Gasteiger partial charge in [-0.05, 0) is 6.08 Å². The number of aromatic nitrogens is 2. The molecular weight excluding hydrogens is 218 g/mol. The molecule has 0 radical (unpaired) electrons. The van der Waals surface area contributed by atoms with E-state index in [-0.39, 0.29) is 11.0 Å². The van der Waals surface area contributed by atoms with Crippen LogP contribution in [0.5, 0.6) is 0 Å². The summed E-state index contributed by atoms with van der Waals surface area (Å²) in [6.45, 7) is 6.05. The summed E-state index contributed by atoms with van der Waals surface area (Å²) in [6, 6.07) is 1.81. The molecule has 1 aromatic rings. The average molecular weight is 233 g/mol. The van der Waals surface area contributed by atoms with E-state index in [0.29, 0.717) is 0 Å². The first kappa shape index (κ1) is 13.0. The number of carbonyl (C=O) groups is 1. The molecule has 0 unspecified atom stereocenters. The van der Waals surface area contributed by atoms with Gasteiger partial charge >= 0.3 is 5.97 Å². The summed E-state index contributed by atoms with van der Waals surface area (Å²) in [6.07, 6.45) is 3.07. The van der Waals surface area contributed by atoms with Crippen LogP contribution in [0, 0.1) is 11.3 Å². The molecule has 0 aromatic carbocycles. The van der Waals surface area contributed by atoms with Crippen molar-refractivity contribution in [3.8, 4) is 6.07 Å². The molecule has 17 heavy (non-hydrogen) atoms. The third-order valence-corrected chi connectivity index (χ3v) is 2.24. The highest BCUT2D eigenvalue weighted by Crippen LogP contribution is 2.24. The number of hydrogen-bond acceptors (Lipinski definition) is 4. The van der Waals surface area contributed by atoms with Gasteiger partial charge in [0.15, 0.2) is 0 Å². The van der Waals surface area contributed by atoms with Crippen LogP contribution < -0.4 is 0 Å². The molecule has 1 aromatic heterocycles. The summed E-state index contributed by atoms with van der Waals surface area (Å²) < 4.78 is 4.52. The molecule has 5 nitrogen and oxygen atoms in total. The van der Waals surface area contributed by atoms with Gasteiger partial charge in [-0.15, -0.1) is 0 Å². The molecule has 1 N–H and O–H groups in total. The summed E-state index contributed by atoms with van der Waals surface area (Å²) in [5.41, 5.74) is 1.41. The van der Waals surface area contributed by atoms with Crippen molar-refractivity contribution in [2.24, 2.45) is 0 Å². The van der Waals surface area contributed by atoms with E-state index in [1.807, 2.05) is 26.8 Å². The fourth-order valence-corrected chi connectivity index (χ4v) is 1.41. The Morgan fingerprint density at radius 2 is 2.24 bits per heavy atom. The van der Waals surface area contributed by atoms with Crippen LogP contribution >= 0.6 is 0 Å². The number of ether oxygens (including phenoxy) is 1. The molecule has 0 atom stereocenters. The van der Waals surface area contributed by atoms with Crippen LogP contribution in [0.1, 0.15) is 32.0 Å². The Kier molecular flexibility index (Phi) is 3.69. The molecule has 0 saturated carbocycles. The van der Waals surface area contributed by atoms with E-state index in [1.54, 1.807) is 6.20 Å². The van der Waals surface area contributed by atoms with Crippen molar-refractivity contribution in [1.82, 2.24) is 10.2 Å². The summed E-state index contributed by atoms with van der Waals surface area (Å²) in [5.74, 6) is -0.645. The number of nitrogens with zero attached hydrogens (tertiary/aromatic N) is 2. The summed E-state index contributed by atoms with van der Waals surface area (Å²) in [7, 11) is 1.24. The van der Waals surface area contributed by atoms with Crippen molar-refractivity contribution in [2.45, 2.75) is 26.2 Å². The molecule has 0 aliphatic heterocycles. The van der Waals surface area contributed by atoms with Gasteiger partial charge in [0.1, 0.15) is 11.6 Å². The fourth-order valence-electron chi connectivity index (χ4n) is 1.41. The van der Waals surface area contributed by atoms with Crippen molar-refractivity contribution in [2.75, 3.05) is 7.11 Å². The van der Waals surface area contributed by atoms with Crippen LogP contribution in [0.15, 0.2) is 11.8 Å². The van der Waals surface area contributed by atoms with Crippen LogP contribution in [-0.4, -0.2) is 23.3 Å². The van der Waals surface area contributed by atoms with Gasteiger partial charge in [-0.3, -0.25) is 5.10 Å². The van der Waals surface area contributed by atoms with Gasteiger partial charge in [0.25, 0.3) is 0 Å². The van der Waals surface area contributed by atoms with Crippen LogP contribution in [0.2, 0.25) is 0 Å². The van der Waals surface area contributed by atoms with Gasteiger partial charge in [0, 0.05) is 16.7 Å². The summed E-state index contributed by atoms with van der Waals surface area (Å²) in [4.78, 5) is 11.3. The number of esters is 1. The molecule has 0 aliphatic rings.